The van der Waals surface area contributed by atoms with Gasteiger partial charge in [0.2, 0.25) is 0 Å². The number of rotatable bonds is 4. The van der Waals surface area contributed by atoms with E-state index >= 15 is 0 Å². The van der Waals surface area contributed by atoms with Crippen molar-refractivity contribution in [3.8, 4) is 10.7 Å². The second-order valence-corrected chi connectivity index (χ2v) is 7.66. The van der Waals surface area contributed by atoms with Crippen LogP contribution < -0.4 is 5.32 Å². The lowest BCUT2D eigenvalue weighted by atomic mass is 10.0. The Labute approximate surface area is 166 Å². The summed E-state index contributed by atoms with van der Waals surface area (Å²) in [7, 11) is 0. The molecule has 0 spiro atoms. The summed E-state index contributed by atoms with van der Waals surface area (Å²) in [5, 5.41) is 3.82. The number of thiazole rings is 1. The van der Waals surface area contributed by atoms with Crippen molar-refractivity contribution in [2.24, 2.45) is 0 Å². The van der Waals surface area contributed by atoms with E-state index in [0.29, 0.717) is 42.3 Å². The van der Waals surface area contributed by atoms with Crippen molar-refractivity contribution in [1.82, 2.24) is 20.2 Å². The van der Waals surface area contributed by atoms with Crippen LogP contribution in [-0.2, 0) is 0 Å². The number of hydrogen-bond acceptors (Lipinski definition) is 6. The third-order valence-corrected chi connectivity index (χ3v) is 5.91. The maximum Gasteiger partial charge on any atom is 0.289 e. The highest BCUT2D eigenvalue weighted by molar-refractivity contribution is 7.17. The summed E-state index contributed by atoms with van der Waals surface area (Å²) in [6.45, 7) is 3.01. The molecule has 8 heteroatoms. The fourth-order valence-corrected chi connectivity index (χ4v) is 4.19. The number of likely N-dealkylation sites (tertiary alicyclic amines) is 1. The van der Waals surface area contributed by atoms with Crippen LogP contribution in [-0.4, -0.2) is 45.8 Å². The summed E-state index contributed by atoms with van der Waals surface area (Å²) in [4.78, 5) is 36.2. The van der Waals surface area contributed by atoms with Gasteiger partial charge in [-0.3, -0.25) is 14.6 Å². The standard InChI is InChI=1S/C20H20N4O3S/c1-13-17(28-19(22-13)15-5-2-3-9-21-15)18(25)23-14-7-10-24(11-8-14)20(26)16-6-4-12-27-16/h2-6,9,12,14H,7-8,10-11H2,1H3,(H,23,25). The Hall–Kier alpha value is -3.00. The molecule has 0 saturated carbocycles. The van der Waals surface area contributed by atoms with Crippen molar-refractivity contribution in [3.63, 3.8) is 0 Å². The van der Waals surface area contributed by atoms with E-state index in [1.807, 2.05) is 25.1 Å². The number of nitrogens with one attached hydrogen (secondary N) is 1. The Bertz CT molecular complexity index is 961. The van der Waals surface area contributed by atoms with Gasteiger partial charge in [0.15, 0.2) is 5.76 Å². The van der Waals surface area contributed by atoms with E-state index in [-0.39, 0.29) is 17.9 Å². The number of carbonyl (C=O) groups excluding carboxylic acids is 2. The number of hydrogen-bond donors (Lipinski definition) is 1. The summed E-state index contributed by atoms with van der Waals surface area (Å²) >= 11 is 1.35. The molecule has 1 fully saturated rings. The van der Waals surface area contributed by atoms with Crippen LogP contribution in [0.25, 0.3) is 10.7 Å². The number of aromatic nitrogens is 2. The Morgan fingerprint density at radius 1 is 1.21 bits per heavy atom. The normalized spacial score (nSPS) is 14.8. The van der Waals surface area contributed by atoms with Crippen LogP contribution in [0.3, 0.4) is 0 Å². The maximum absolute atomic E-state index is 12.7. The molecule has 4 rings (SSSR count). The van der Waals surface area contributed by atoms with Crippen LogP contribution in [0.2, 0.25) is 0 Å². The number of aryl methyl sites for hydroxylation is 1. The van der Waals surface area contributed by atoms with Gasteiger partial charge in [-0.05, 0) is 44.0 Å². The lowest BCUT2D eigenvalue weighted by Gasteiger charge is -2.31. The van der Waals surface area contributed by atoms with Gasteiger partial charge in [-0.2, -0.15) is 0 Å². The molecular weight excluding hydrogens is 376 g/mol. The number of carbonyl (C=O) groups is 2. The van der Waals surface area contributed by atoms with Crippen LogP contribution in [0.4, 0.5) is 0 Å². The van der Waals surface area contributed by atoms with Gasteiger partial charge in [0.1, 0.15) is 9.88 Å². The molecule has 0 aromatic carbocycles. The average molecular weight is 396 g/mol. The molecule has 4 heterocycles. The van der Waals surface area contributed by atoms with E-state index in [9.17, 15) is 9.59 Å². The quantitative estimate of drug-likeness (QED) is 0.732. The molecule has 3 aromatic heterocycles. The molecule has 1 aliphatic rings. The topological polar surface area (TPSA) is 88.3 Å². The molecule has 1 N–H and O–H groups in total. The number of nitrogens with zero attached hydrogens (tertiary/aromatic N) is 3. The SMILES string of the molecule is Cc1nc(-c2ccccn2)sc1C(=O)NC1CCN(C(=O)c2ccco2)CC1. The lowest BCUT2D eigenvalue weighted by Crippen LogP contribution is -2.46. The first kappa shape index (κ1) is 18.4. The van der Waals surface area contributed by atoms with Crippen molar-refractivity contribution >= 4 is 23.2 Å². The Balaban J connectivity index is 1.36. The largest absolute Gasteiger partial charge is 0.459 e. The van der Waals surface area contributed by atoms with Crippen LogP contribution in [0, 0.1) is 6.92 Å². The van der Waals surface area contributed by atoms with Crippen molar-refractivity contribution in [2.75, 3.05) is 13.1 Å². The van der Waals surface area contributed by atoms with E-state index in [1.54, 1.807) is 23.2 Å². The first-order chi connectivity index (χ1) is 13.6. The van der Waals surface area contributed by atoms with Gasteiger partial charge in [0, 0.05) is 25.3 Å². The Kier molecular flexibility index (Phi) is 5.21. The third kappa shape index (κ3) is 3.82. The van der Waals surface area contributed by atoms with Gasteiger partial charge in [-0.25, -0.2) is 4.98 Å². The number of amides is 2. The molecule has 144 valence electrons. The maximum atomic E-state index is 12.7. The minimum absolute atomic E-state index is 0.0351. The summed E-state index contributed by atoms with van der Waals surface area (Å²) in [6.07, 6.45) is 4.63. The Morgan fingerprint density at radius 2 is 2.04 bits per heavy atom. The third-order valence-electron chi connectivity index (χ3n) is 4.74. The van der Waals surface area contributed by atoms with Crippen LogP contribution >= 0.6 is 11.3 Å². The van der Waals surface area contributed by atoms with Gasteiger partial charge in [-0.1, -0.05) is 6.07 Å². The van der Waals surface area contributed by atoms with Crippen molar-refractivity contribution in [3.05, 3.63) is 59.1 Å². The predicted molar refractivity (Wildman–Crippen MR) is 105 cm³/mol. The van der Waals surface area contributed by atoms with Crippen molar-refractivity contribution in [1.29, 1.82) is 0 Å². The molecule has 2 amide bonds. The number of pyridine rings is 1. The highest BCUT2D eigenvalue weighted by Crippen LogP contribution is 2.26. The van der Waals surface area contributed by atoms with Gasteiger partial charge in [-0.15, -0.1) is 11.3 Å². The zero-order valence-electron chi connectivity index (χ0n) is 15.4. The number of piperidine rings is 1. The molecule has 1 saturated heterocycles. The molecule has 3 aromatic rings. The molecular formula is C20H20N4O3S. The molecule has 7 nitrogen and oxygen atoms in total. The summed E-state index contributed by atoms with van der Waals surface area (Å²) < 4.78 is 5.18. The lowest BCUT2D eigenvalue weighted by molar-refractivity contribution is 0.0667. The smallest absolute Gasteiger partial charge is 0.289 e. The zero-order chi connectivity index (χ0) is 19.5. The second-order valence-electron chi connectivity index (χ2n) is 6.67. The highest BCUT2D eigenvalue weighted by atomic mass is 32.1. The van der Waals surface area contributed by atoms with Gasteiger partial charge in [0.25, 0.3) is 11.8 Å². The molecule has 0 aliphatic carbocycles. The summed E-state index contributed by atoms with van der Waals surface area (Å²) in [6, 6.07) is 9.04. The summed E-state index contributed by atoms with van der Waals surface area (Å²) in [5.74, 6) is 0.130. The fourth-order valence-electron chi connectivity index (χ4n) is 3.24. The molecule has 0 bridgehead atoms. The van der Waals surface area contributed by atoms with Gasteiger partial charge >= 0.3 is 0 Å². The second kappa shape index (κ2) is 7.93. The van der Waals surface area contributed by atoms with Crippen molar-refractivity contribution < 1.29 is 14.0 Å². The van der Waals surface area contributed by atoms with E-state index in [1.165, 1.54) is 17.6 Å². The first-order valence-electron chi connectivity index (χ1n) is 9.14. The fraction of sp³-hybridized carbons (Fsp3) is 0.300. The van der Waals surface area contributed by atoms with E-state index < -0.39 is 0 Å². The highest BCUT2D eigenvalue weighted by Gasteiger charge is 2.27. The van der Waals surface area contributed by atoms with Crippen LogP contribution in [0.1, 0.15) is 38.8 Å². The minimum Gasteiger partial charge on any atom is -0.459 e. The zero-order valence-corrected chi connectivity index (χ0v) is 16.2. The molecule has 28 heavy (non-hydrogen) atoms. The van der Waals surface area contributed by atoms with Crippen LogP contribution in [0.15, 0.2) is 47.2 Å². The molecule has 0 radical (unpaired) electrons. The molecule has 0 unspecified atom stereocenters. The Morgan fingerprint density at radius 3 is 2.71 bits per heavy atom. The van der Waals surface area contributed by atoms with E-state index in [0.717, 1.165) is 10.7 Å². The van der Waals surface area contributed by atoms with Crippen molar-refractivity contribution in [2.45, 2.75) is 25.8 Å². The van der Waals surface area contributed by atoms with E-state index in [4.69, 9.17) is 4.42 Å². The van der Waals surface area contributed by atoms with Gasteiger partial charge < -0.3 is 14.6 Å². The van der Waals surface area contributed by atoms with Crippen LogP contribution in [0.5, 0.6) is 0 Å². The monoisotopic (exact) mass is 396 g/mol. The molecule has 1 aliphatic heterocycles. The molecule has 0 atom stereocenters. The first-order valence-corrected chi connectivity index (χ1v) is 9.96. The summed E-state index contributed by atoms with van der Waals surface area (Å²) in [5.41, 5.74) is 1.47. The average Bonchev–Trinajstić information content (AvgIpc) is 3.39. The number of furan rings is 1. The minimum atomic E-state index is -0.118. The van der Waals surface area contributed by atoms with Gasteiger partial charge in [0.05, 0.1) is 17.7 Å². The predicted octanol–water partition coefficient (Wildman–Crippen LogP) is 3.14. The van der Waals surface area contributed by atoms with E-state index in [2.05, 4.69) is 15.3 Å².